The lowest BCUT2D eigenvalue weighted by atomic mass is 10.0. The molecule has 0 spiro atoms. The summed E-state index contributed by atoms with van der Waals surface area (Å²) >= 11 is 1.45. The minimum absolute atomic E-state index is 0.0506. The molecule has 0 radical (unpaired) electrons. The van der Waals surface area contributed by atoms with Crippen molar-refractivity contribution in [1.29, 1.82) is 0 Å². The Labute approximate surface area is 175 Å². The van der Waals surface area contributed by atoms with Gasteiger partial charge in [-0.1, -0.05) is 54.6 Å². The number of amides is 1. The van der Waals surface area contributed by atoms with Gasteiger partial charge >= 0.3 is 0 Å². The van der Waals surface area contributed by atoms with E-state index in [2.05, 4.69) is 58.2 Å². The van der Waals surface area contributed by atoms with Crippen molar-refractivity contribution in [3.63, 3.8) is 0 Å². The van der Waals surface area contributed by atoms with Gasteiger partial charge in [-0.25, -0.2) is 4.68 Å². The molecular formula is C22H25N5OS. The molecule has 2 heterocycles. The number of rotatable bonds is 4. The SMILES string of the molecule is CCc1nnc2n1N[C@@H](c1ccc(C)cc1)[C@@H](C(=O)Nc1cc(C)cc(C)c1)S2. The van der Waals surface area contributed by atoms with Crippen LogP contribution in [0.15, 0.2) is 47.6 Å². The Morgan fingerprint density at radius 2 is 1.76 bits per heavy atom. The standard InChI is InChI=1S/C22H25N5OS/c1-5-18-24-25-22-27(18)26-19(16-8-6-13(2)7-9-16)20(29-22)21(28)23-17-11-14(3)10-15(4)12-17/h6-12,19-20,26H,5H2,1-4H3,(H,23,28)/t19-,20-/m0/s1. The van der Waals surface area contributed by atoms with Gasteiger partial charge in [0.05, 0.1) is 6.04 Å². The lowest BCUT2D eigenvalue weighted by Crippen LogP contribution is -2.41. The van der Waals surface area contributed by atoms with Crippen molar-refractivity contribution in [2.24, 2.45) is 0 Å². The average molecular weight is 408 g/mol. The summed E-state index contributed by atoms with van der Waals surface area (Å²) < 4.78 is 1.91. The molecule has 4 rings (SSSR count). The van der Waals surface area contributed by atoms with E-state index in [-0.39, 0.29) is 17.2 Å². The predicted octanol–water partition coefficient (Wildman–Crippen LogP) is 4.16. The molecule has 0 saturated heterocycles. The first kappa shape index (κ1) is 19.5. The molecule has 1 aromatic heterocycles. The van der Waals surface area contributed by atoms with Crippen LogP contribution in [0.4, 0.5) is 5.69 Å². The van der Waals surface area contributed by atoms with Gasteiger partial charge in [0.25, 0.3) is 0 Å². The van der Waals surface area contributed by atoms with Gasteiger partial charge in [-0.3, -0.25) is 4.79 Å². The lowest BCUT2D eigenvalue weighted by molar-refractivity contribution is -0.116. The maximum absolute atomic E-state index is 13.3. The van der Waals surface area contributed by atoms with Crippen LogP contribution in [0.2, 0.25) is 0 Å². The highest BCUT2D eigenvalue weighted by Gasteiger charge is 2.37. The number of nitrogens with zero attached hydrogens (tertiary/aromatic N) is 3. The number of hydrogen-bond donors (Lipinski definition) is 2. The molecule has 6 nitrogen and oxygen atoms in total. The molecule has 1 amide bonds. The number of anilines is 1. The summed E-state index contributed by atoms with van der Waals surface area (Å²) in [5.41, 5.74) is 8.79. The van der Waals surface area contributed by atoms with E-state index >= 15 is 0 Å². The quantitative estimate of drug-likeness (QED) is 0.679. The van der Waals surface area contributed by atoms with E-state index in [1.807, 2.05) is 37.6 Å². The summed E-state index contributed by atoms with van der Waals surface area (Å²) in [4.78, 5) is 13.3. The van der Waals surface area contributed by atoms with Gasteiger partial charge in [0.1, 0.15) is 5.25 Å². The van der Waals surface area contributed by atoms with Gasteiger partial charge < -0.3 is 10.7 Å². The van der Waals surface area contributed by atoms with Crippen LogP contribution in [-0.2, 0) is 11.2 Å². The molecule has 3 aromatic rings. The molecule has 0 fully saturated rings. The smallest absolute Gasteiger partial charge is 0.240 e. The third kappa shape index (κ3) is 4.00. The van der Waals surface area contributed by atoms with Crippen LogP contribution >= 0.6 is 11.8 Å². The maximum Gasteiger partial charge on any atom is 0.240 e. The molecular weight excluding hydrogens is 382 g/mol. The molecule has 2 atom stereocenters. The van der Waals surface area contributed by atoms with Crippen LogP contribution in [0.5, 0.6) is 0 Å². The molecule has 29 heavy (non-hydrogen) atoms. The summed E-state index contributed by atoms with van der Waals surface area (Å²) in [6.45, 7) is 8.17. The van der Waals surface area contributed by atoms with Crippen LogP contribution in [0.1, 0.15) is 41.0 Å². The van der Waals surface area contributed by atoms with Crippen LogP contribution < -0.4 is 10.7 Å². The summed E-state index contributed by atoms with van der Waals surface area (Å²) in [5, 5.41) is 12.0. The number of fused-ring (bicyclic) bond motifs is 1. The highest BCUT2D eigenvalue weighted by Crippen LogP contribution is 2.37. The normalized spacial score (nSPS) is 18.1. The Bertz CT molecular complexity index is 1020. The number of aromatic nitrogens is 3. The van der Waals surface area contributed by atoms with Crippen molar-refractivity contribution in [2.45, 2.75) is 50.6 Å². The molecule has 7 heteroatoms. The van der Waals surface area contributed by atoms with Gasteiger partial charge in [-0.05, 0) is 49.6 Å². The van der Waals surface area contributed by atoms with Crippen molar-refractivity contribution >= 4 is 23.4 Å². The van der Waals surface area contributed by atoms with E-state index < -0.39 is 0 Å². The second-order valence-electron chi connectivity index (χ2n) is 7.51. The van der Waals surface area contributed by atoms with Crippen LogP contribution in [0.25, 0.3) is 0 Å². The molecule has 2 aromatic carbocycles. The molecule has 1 aliphatic heterocycles. The molecule has 0 aliphatic carbocycles. The minimum Gasteiger partial charge on any atom is -0.325 e. The predicted molar refractivity (Wildman–Crippen MR) is 117 cm³/mol. The summed E-state index contributed by atoms with van der Waals surface area (Å²) in [7, 11) is 0. The minimum atomic E-state index is -0.375. The topological polar surface area (TPSA) is 71.8 Å². The zero-order valence-electron chi connectivity index (χ0n) is 17.1. The first-order valence-corrected chi connectivity index (χ1v) is 10.7. The summed E-state index contributed by atoms with van der Waals surface area (Å²) in [6.07, 6.45) is 0.764. The number of aryl methyl sites for hydroxylation is 4. The van der Waals surface area contributed by atoms with E-state index in [1.54, 1.807) is 0 Å². The zero-order valence-corrected chi connectivity index (χ0v) is 17.9. The van der Waals surface area contributed by atoms with Gasteiger partial charge in [-0.2, -0.15) is 0 Å². The van der Waals surface area contributed by atoms with E-state index in [0.717, 1.165) is 34.6 Å². The molecule has 150 valence electrons. The van der Waals surface area contributed by atoms with Crippen molar-refractivity contribution < 1.29 is 4.79 Å². The van der Waals surface area contributed by atoms with Gasteiger partial charge in [0, 0.05) is 12.1 Å². The number of hydrogen-bond acceptors (Lipinski definition) is 5. The van der Waals surface area contributed by atoms with Gasteiger partial charge in [0.15, 0.2) is 5.82 Å². The Morgan fingerprint density at radius 1 is 1.07 bits per heavy atom. The Kier molecular flexibility index (Phi) is 5.32. The number of thioether (sulfide) groups is 1. The molecule has 2 N–H and O–H groups in total. The van der Waals surface area contributed by atoms with Crippen molar-refractivity contribution in [1.82, 2.24) is 14.9 Å². The molecule has 0 bridgehead atoms. The van der Waals surface area contributed by atoms with Crippen molar-refractivity contribution in [3.05, 3.63) is 70.5 Å². The molecule has 1 aliphatic rings. The lowest BCUT2D eigenvalue weighted by Gasteiger charge is -2.33. The Morgan fingerprint density at radius 3 is 2.41 bits per heavy atom. The van der Waals surface area contributed by atoms with E-state index in [1.165, 1.54) is 17.3 Å². The fourth-order valence-electron chi connectivity index (χ4n) is 3.61. The van der Waals surface area contributed by atoms with Crippen molar-refractivity contribution in [3.8, 4) is 0 Å². The summed E-state index contributed by atoms with van der Waals surface area (Å²) in [6, 6.07) is 14.2. The number of carbonyl (C=O) groups excluding carboxylic acids is 1. The van der Waals surface area contributed by atoms with Gasteiger partial charge in [0.2, 0.25) is 11.1 Å². The Balaban J connectivity index is 1.67. The van der Waals surface area contributed by atoms with Crippen LogP contribution in [0, 0.1) is 20.8 Å². The first-order valence-electron chi connectivity index (χ1n) is 9.78. The van der Waals surface area contributed by atoms with Gasteiger partial charge in [-0.15, -0.1) is 10.2 Å². The van der Waals surface area contributed by atoms with Crippen LogP contribution in [0.3, 0.4) is 0 Å². The second kappa shape index (κ2) is 7.91. The Hall–Kier alpha value is -2.80. The second-order valence-corrected chi connectivity index (χ2v) is 8.62. The fraction of sp³-hybridized carbons (Fsp3) is 0.318. The summed E-state index contributed by atoms with van der Waals surface area (Å²) in [5.74, 6) is 0.808. The number of carbonyl (C=O) groups is 1. The van der Waals surface area contributed by atoms with E-state index in [0.29, 0.717) is 5.16 Å². The van der Waals surface area contributed by atoms with E-state index in [4.69, 9.17) is 0 Å². The van der Waals surface area contributed by atoms with E-state index in [9.17, 15) is 4.79 Å². The highest BCUT2D eigenvalue weighted by molar-refractivity contribution is 8.00. The zero-order chi connectivity index (χ0) is 20.5. The molecule has 0 saturated carbocycles. The number of nitrogens with one attached hydrogen (secondary N) is 2. The third-order valence-electron chi connectivity index (χ3n) is 5.00. The monoisotopic (exact) mass is 407 g/mol. The van der Waals surface area contributed by atoms with Crippen LogP contribution in [-0.4, -0.2) is 26.0 Å². The number of benzene rings is 2. The highest BCUT2D eigenvalue weighted by atomic mass is 32.2. The van der Waals surface area contributed by atoms with Crippen molar-refractivity contribution in [2.75, 3.05) is 10.7 Å². The third-order valence-corrected chi connectivity index (χ3v) is 6.22. The average Bonchev–Trinajstić information content (AvgIpc) is 3.09. The first-order chi connectivity index (χ1) is 13.9. The largest absolute Gasteiger partial charge is 0.325 e. The maximum atomic E-state index is 13.3. The molecule has 0 unspecified atom stereocenters. The fourth-order valence-corrected chi connectivity index (χ4v) is 4.71.